The van der Waals surface area contributed by atoms with Gasteiger partial charge in [-0.05, 0) is 47.9 Å². The van der Waals surface area contributed by atoms with E-state index in [9.17, 15) is 4.55 Å². The molecule has 1 atom stereocenters. The van der Waals surface area contributed by atoms with Crippen LogP contribution in [-0.4, -0.2) is 25.3 Å². The number of aromatic nitrogens is 3. The molecule has 2 aromatic heterocycles. The number of pyridine rings is 1. The number of fused-ring (bicyclic) bond motifs is 1. The molecule has 4 nitrogen and oxygen atoms in total. The molecule has 0 spiro atoms. The standard InChI is InChI=1S/C15H15N3OS/c1-2-9-20(19)12-5-3-11(4-6-12)15-17-13-7-8-16-10-14(13)18-15/h3-8,10H,2,9H2,1H3,(H,17,18). The van der Waals surface area contributed by atoms with E-state index in [0.29, 0.717) is 5.75 Å². The van der Waals surface area contributed by atoms with E-state index in [1.807, 2.05) is 37.3 Å². The van der Waals surface area contributed by atoms with Gasteiger partial charge in [-0.3, -0.25) is 4.98 Å². The minimum atomic E-state index is -0.903. The Morgan fingerprint density at radius 3 is 2.70 bits per heavy atom. The Balaban J connectivity index is 1.90. The summed E-state index contributed by atoms with van der Waals surface area (Å²) in [6.45, 7) is 2.04. The minimum absolute atomic E-state index is 0.704. The van der Waals surface area contributed by atoms with Gasteiger partial charge in [0, 0.05) is 11.8 Å². The molecule has 3 aromatic rings. The maximum absolute atomic E-state index is 11.9. The second kappa shape index (κ2) is 5.64. The highest BCUT2D eigenvalue weighted by molar-refractivity contribution is 7.91. The molecule has 1 N–H and O–H groups in total. The van der Waals surface area contributed by atoms with Gasteiger partial charge in [-0.2, -0.15) is 0 Å². The first-order valence-corrected chi connectivity index (χ1v) is 7.88. The Morgan fingerprint density at radius 2 is 2.00 bits per heavy atom. The average Bonchev–Trinajstić information content (AvgIpc) is 2.91. The van der Waals surface area contributed by atoms with Crippen molar-refractivity contribution in [3.63, 3.8) is 0 Å². The van der Waals surface area contributed by atoms with Gasteiger partial charge in [-0.1, -0.05) is 6.92 Å². The van der Waals surface area contributed by atoms with Gasteiger partial charge < -0.3 is 9.54 Å². The van der Waals surface area contributed by atoms with Crippen molar-refractivity contribution in [1.82, 2.24) is 15.0 Å². The molecule has 0 amide bonds. The molecule has 5 heteroatoms. The normalized spacial score (nSPS) is 12.7. The molecule has 2 heterocycles. The van der Waals surface area contributed by atoms with Crippen LogP contribution in [0.3, 0.4) is 0 Å². The summed E-state index contributed by atoms with van der Waals surface area (Å²) in [7, 11) is 0. The van der Waals surface area contributed by atoms with Crippen molar-refractivity contribution >= 4 is 22.2 Å². The summed E-state index contributed by atoms with van der Waals surface area (Å²) in [6.07, 6.45) is 4.40. The Hall–Kier alpha value is -1.85. The third-order valence-corrected chi connectivity index (χ3v) is 4.64. The molecule has 0 fully saturated rings. The van der Waals surface area contributed by atoms with Crippen molar-refractivity contribution in [3.8, 4) is 11.4 Å². The quantitative estimate of drug-likeness (QED) is 0.749. The van der Waals surface area contributed by atoms with Crippen molar-refractivity contribution in [3.05, 3.63) is 42.7 Å². The number of aromatic amines is 1. The van der Waals surface area contributed by atoms with Crippen LogP contribution in [0.25, 0.3) is 22.4 Å². The van der Waals surface area contributed by atoms with E-state index in [4.69, 9.17) is 0 Å². The predicted molar refractivity (Wildman–Crippen MR) is 80.9 cm³/mol. The van der Waals surface area contributed by atoms with Crippen molar-refractivity contribution < 1.29 is 4.55 Å². The van der Waals surface area contributed by atoms with Crippen LogP contribution in [0.2, 0.25) is 0 Å². The first-order chi connectivity index (χ1) is 9.78. The second-order valence-corrected chi connectivity index (χ2v) is 6.12. The molecule has 20 heavy (non-hydrogen) atoms. The number of nitrogens with one attached hydrogen (secondary N) is 1. The zero-order chi connectivity index (χ0) is 13.9. The number of hydrogen-bond donors (Lipinski definition) is 1. The van der Waals surface area contributed by atoms with Crippen molar-refractivity contribution in [2.75, 3.05) is 5.75 Å². The van der Waals surface area contributed by atoms with Crippen molar-refractivity contribution in [2.45, 2.75) is 18.2 Å². The van der Waals surface area contributed by atoms with E-state index >= 15 is 0 Å². The Labute approximate surface area is 120 Å². The smallest absolute Gasteiger partial charge is 0.152 e. The molecule has 1 unspecified atom stereocenters. The number of benzene rings is 1. The van der Waals surface area contributed by atoms with Gasteiger partial charge in [0.25, 0.3) is 0 Å². The van der Waals surface area contributed by atoms with Gasteiger partial charge in [0.15, 0.2) is 4.90 Å². The van der Waals surface area contributed by atoms with Crippen LogP contribution < -0.4 is 0 Å². The Kier molecular flexibility index (Phi) is 3.71. The summed E-state index contributed by atoms with van der Waals surface area (Å²) in [5, 5.41) is 0. The number of imidazole rings is 1. The van der Waals surface area contributed by atoms with Crippen LogP contribution in [0.4, 0.5) is 0 Å². The fourth-order valence-corrected chi connectivity index (χ4v) is 3.11. The molecule has 0 saturated heterocycles. The van der Waals surface area contributed by atoms with Gasteiger partial charge in [0.2, 0.25) is 0 Å². The van der Waals surface area contributed by atoms with E-state index in [2.05, 4.69) is 15.0 Å². The molecular weight excluding hydrogens is 270 g/mol. The molecule has 3 rings (SSSR count). The third kappa shape index (κ3) is 2.55. The number of nitrogens with zero attached hydrogens (tertiary/aromatic N) is 2. The minimum Gasteiger partial charge on any atom is -0.611 e. The molecule has 0 saturated carbocycles. The molecule has 0 aliphatic carbocycles. The van der Waals surface area contributed by atoms with Crippen LogP contribution in [0.5, 0.6) is 0 Å². The number of hydrogen-bond acceptors (Lipinski definition) is 3. The lowest BCUT2D eigenvalue weighted by atomic mass is 10.2. The van der Waals surface area contributed by atoms with E-state index in [-0.39, 0.29) is 0 Å². The lowest BCUT2D eigenvalue weighted by Gasteiger charge is -2.09. The number of H-pyrrole nitrogens is 1. The summed E-state index contributed by atoms with van der Waals surface area (Å²) in [6, 6.07) is 9.62. The lowest BCUT2D eigenvalue weighted by molar-refractivity contribution is 0.593. The molecule has 0 aliphatic heterocycles. The molecule has 0 radical (unpaired) electrons. The SMILES string of the molecule is CCC[S+]([O-])c1ccc(-c2nc3cnccc3[nH]2)cc1. The van der Waals surface area contributed by atoms with Gasteiger partial charge in [-0.25, -0.2) is 4.98 Å². The van der Waals surface area contributed by atoms with Crippen LogP contribution in [0.1, 0.15) is 13.3 Å². The second-order valence-electron chi connectivity index (χ2n) is 4.55. The van der Waals surface area contributed by atoms with E-state index in [1.165, 1.54) is 0 Å². The topological polar surface area (TPSA) is 64.6 Å². The summed E-state index contributed by atoms with van der Waals surface area (Å²) in [4.78, 5) is 12.7. The number of rotatable bonds is 4. The lowest BCUT2D eigenvalue weighted by Crippen LogP contribution is -2.05. The molecule has 102 valence electrons. The Bertz CT molecular complexity index is 675. The highest BCUT2D eigenvalue weighted by atomic mass is 32.2. The molecule has 0 aliphatic rings. The molecule has 1 aromatic carbocycles. The van der Waals surface area contributed by atoms with Crippen LogP contribution in [0, 0.1) is 0 Å². The summed E-state index contributed by atoms with van der Waals surface area (Å²) in [5.74, 6) is 1.51. The van der Waals surface area contributed by atoms with Gasteiger partial charge in [-0.15, -0.1) is 0 Å². The summed E-state index contributed by atoms with van der Waals surface area (Å²) >= 11 is -0.903. The van der Waals surface area contributed by atoms with Crippen molar-refractivity contribution in [2.24, 2.45) is 0 Å². The van der Waals surface area contributed by atoms with E-state index in [0.717, 1.165) is 33.7 Å². The average molecular weight is 285 g/mol. The third-order valence-electron chi connectivity index (χ3n) is 3.07. The van der Waals surface area contributed by atoms with Crippen molar-refractivity contribution in [1.29, 1.82) is 0 Å². The highest BCUT2D eigenvalue weighted by Gasteiger charge is 2.10. The molecular formula is C15H15N3OS. The van der Waals surface area contributed by atoms with Gasteiger partial charge in [0.05, 0.1) is 11.7 Å². The summed E-state index contributed by atoms with van der Waals surface area (Å²) < 4.78 is 11.9. The zero-order valence-corrected chi connectivity index (χ0v) is 12.0. The van der Waals surface area contributed by atoms with Crippen LogP contribution in [-0.2, 0) is 11.2 Å². The summed E-state index contributed by atoms with van der Waals surface area (Å²) in [5.41, 5.74) is 2.80. The van der Waals surface area contributed by atoms with Gasteiger partial charge in [0.1, 0.15) is 17.1 Å². The zero-order valence-electron chi connectivity index (χ0n) is 11.2. The van der Waals surface area contributed by atoms with Gasteiger partial charge >= 0.3 is 0 Å². The maximum Gasteiger partial charge on any atom is 0.152 e. The van der Waals surface area contributed by atoms with Crippen LogP contribution >= 0.6 is 0 Å². The fraction of sp³-hybridized carbons (Fsp3) is 0.200. The monoisotopic (exact) mass is 285 g/mol. The molecule has 0 bridgehead atoms. The largest absolute Gasteiger partial charge is 0.611 e. The fourth-order valence-electron chi connectivity index (χ4n) is 2.06. The first-order valence-electron chi connectivity index (χ1n) is 6.56. The predicted octanol–water partition coefficient (Wildman–Crippen LogP) is 3.14. The van der Waals surface area contributed by atoms with E-state index < -0.39 is 11.2 Å². The highest BCUT2D eigenvalue weighted by Crippen LogP contribution is 2.22. The maximum atomic E-state index is 11.9. The first kappa shape index (κ1) is 13.1. The van der Waals surface area contributed by atoms with Crippen LogP contribution in [0.15, 0.2) is 47.6 Å². The van der Waals surface area contributed by atoms with E-state index in [1.54, 1.807) is 12.4 Å². The Morgan fingerprint density at radius 1 is 1.20 bits per heavy atom.